The summed E-state index contributed by atoms with van der Waals surface area (Å²) in [7, 11) is 0. The van der Waals surface area contributed by atoms with Gasteiger partial charge in [-0.05, 0) is 28.1 Å². The first kappa shape index (κ1) is 8.72. The molecule has 0 aliphatic carbocycles. The Labute approximate surface area is 88.2 Å². The Kier molecular flexibility index (Phi) is 2.33. The van der Waals surface area contributed by atoms with Crippen LogP contribution in [0.2, 0.25) is 5.02 Å². The first-order chi connectivity index (χ1) is 6.27. The van der Waals surface area contributed by atoms with E-state index in [9.17, 15) is 0 Å². The zero-order valence-electron chi connectivity index (χ0n) is 6.46. The van der Waals surface area contributed by atoms with E-state index >= 15 is 0 Å². The SMILES string of the molecule is Clc1ccc(-c2cn[nH]n2)cc1Br. The standard InChI is InChI=1S/C8H5BrClN3/c9-6-3-5(1-2-7(6)10)8-4-11-13-12-8/h1-4H,(H,11,12,13). The highest BCUT2D eigenvalue weighted by Crippen LogP contribution is 2.27. The lowest BCUT2D eigenvalue weighted by Crippen LogP contribution is -1.78. The van der Waals surface area contributed by atoms with Crippen LogP contribution >= 0.6 is 27.5 Å². The summed E-state index contributed by atoms with van der Waals surface area (Å²) in [6.07, 6.45) is 1.66. The van der Waals surface area contributed by atoms with Gasteiger partial charge in [0.1, 0.15) is 5.69 Å². The van der Waals surface area contributed by atoms with Crippen molar-refractivity contribution in [3.63, 3.8) is 0 Å². The highest BCUT2D eigenvalue weighted by molar-refractivity contribution is 9.10. The van der Waals surface area contributed by atoms with Crippen LogP contribution in [0.5, 0.6) is 0 Å². The Bertz CT molecular complexity index is 413. The van der Waals surface area contributed by atoms with Crippen molar-refractivity contribution < 1.29 is 0 Å². The van der Waals surface area contributed by atoms with Crippen LogP contribution in [0, 0.1) is 0 Å². The van der Waals surface area contributed by atoms with E-state index in [0.717, 1.165) is 15.7 Å². The molecule has 5 heteroatoms. The van der Waals surface area contributed by atoms with Crippen LogP contribution in [0.25, 0.3) is 11.3 Å². The molecular formula is C8H5BrClN3. The molecular weight excluding hydrogens is 253 g/mol. The van der Waals surface area contributed by atoms with Gasteiger partial charge in [-0.3, -0.25) is 0 Å². The van der Waals surface area contributed by atoms with Gasteiger partial charge < -0.3 is 0 Å². The van der Waals surface area contributed by atoms with E-state index in [1.807, 2.05) is 18.2 Å². The van der Waals surface area contributed by atoms with E-state index in [4.69, 9.17) is 11.6 Å². The van der Waals surface area contributed by atoms with Crippen LogP contribution in [0.1, 0.15) is 0 Å². The van der Waals surface area contributed by atoms with Gasteiger partial charge in [0.15, 0.2) is 0 Å². The van der Waals surface area contributed by atoms with Crippen LogP contribution in [-0.4, -0.2) is 15.4 Å². The number of aromatic amines is 1. The average Bonchev–Trinajstić information content (AvgIpc) is 2.62. The van der Waals surface area contributed by atoms with Crippen molar-refractivity contribution in [1.82, 2.24) is 15.4 Å². The van der Waals surface area contributed by atoms with Crippen molar-refractivity contribution >= 4 is 27.5 Å². The third kappa shape index (κ3) is 1.73. The molecule has 1 heterocycles. The lowest BCUT2D eigenvalue weighted by Gasteiger charge is -1.98. The fraction of sp³-hybridized carbons (Fsp3) is 0. The Balaban J connectivity index is 2.49. The molecule has 0 fully saturated rings. The molecule has 2 rings (SSSR count). The fourth-order valence-corrected chi connectivity index (χ4v) is 1.49. The summed E-state index contributed by atoms with van der Waals surface area (Å²) < 4.78 is 0.856. The van der Waals surface area contributed by atoms with Crippen molar-refractivity contribution in [2.45, 2.75) is 0 Å². The number of hydrogen-bond donors (Lipinski definition) is 1. The minimum absolute atomic E-state index is 0.687. The number of nitrogens with one attached hydrogen (secondary N) is 1. The van der Waals surface area contributed by atoms with E-state index < -0.39 is 0 Å². The van der Waals surface area contributed by atoms with Crippen molar-refractivity contribution in [2.24, 2.45) is 0 Å². The molecule has 0 unspecified atom stereocenters. The second-order valence-electron chi connectivity index (χ2n) is 2.48. The summed E-state index contributed by atoms with van der Waals surface area (Å²) in [5.74, 6) is 0. The normalized spacial score (nSPS) is 10.3. The highest BCUT2D eigenvalue weighted by atomic mass is 79.9. The highest BCUT2D eigenvalue weighted by Gasteiger charge is 2.03. The fourth-order valence-electron chi connectivity index (χ4n) is 0.996. The monoisotopic (exact) mass is 257 g/mol. The first-order valence-corrected chi connectivity index (χ1v) is 4.75. The van der Waals surface area contributed by atoms with Gasteiger partial charge in [0.25, 0.3) is 0 Å². The average molecular weight is 259 g/mol. The third-order valence-electron chi connectivity index (χ3n) is 1.63. The molecule has 1 aromatic heterocycles. The van der Waals surface area contributed by atoms with Crippen LogP contribution in [0.3, 0.4) is 0 Å². The molecule has 66 valence electrons. The summed E-state index contributed by atoms with van der Waals surface area (Å²) in [5.41, 5.74) is 1.78. The topological polar surface area (TPSA) is 41.6 Å². The summed E-state index contributed by atoms with van der Waals surface area (Å²) in [4.78, 5) is 0. The number of rotatable bonds is 1. The second kappa shape index (κ2) is 3.47. The minimum Gasteiger partial charge on any atom is -0.197 e. The second-order valence-corrected chi connectivity index (χ2v) is 3.75. The van der Waals surface area contributed by atoms with Crippen molar-refractivity contribution in [2.75, 3.05) is 0 Å². The number of aromatic nitrogens is 3. The van der Waals surface area contributed by atoms with Gasteiger partial charge in [0.05, 0.1) is 11.2 Å². The number of H-pyrrole nitrogens is 1. The van der Waals surface area contributed by atoms with Gasteiger partial charge in [0.2, 0.25) is 0 Å². The Morgan fingerprint density at radius 1 is 1.38 bits per heavy atom. The molecule has 3 nitrogen and oxygen atoms in total. The van der Waals surface area contributed by atoms with E-state index in [0.29, 0.717) is 5.02 Å². The summed E-state index contributed by atoms with van der Waals surface area (Å²) in [6.45, 7) is 0. The van der Waals surface area contributed by atoms with Crippen LogP contribution in [0.4, 0.5) is 0 Å². The Hall–Kier alpha value is -0.870. The molecule has 1 N–H and O–H groups in total. The van der Waals surface area contributed by atoms with Gasteiger partial charge in [0, 0.05) is 10.0 Å². The molecule has 0 amide bonds. The van der Waals surface area contributed by atoms with E-state index in [1.54, 1.807) is 6.20 Å². The van der Waals surface area contributed by atoms with Crippen LogP contribution in [-0.2, 0) is 0 Å². The predicted molar refractivity (Wildman–Crippen MR) is 54.5 cm³/mol. The Morgan fingerprint density at radius 3 is 2.85 bits per heavy atom. The van der Waals surface area contributed by atoms with Gasteiger partial charge in [-0.1, -0.05) is 17.7 Å². The third-order valence-corrected chi connectivity index (χ3v) is 2.84. The van der Waals surface area contributed by atoms with E-state index in [-0.39, 0.29) is 0 Å². The predicted octanol–water partition coefficient (Wildman–Crippen LogP) is 2.89. The van der Waals surface area contributed by atoms with Crippen LogP contribution in [0.15, 0.2) is 28.9 Å². The zero-order chi connectivity index (χ0) is 9.26. The van der Waals surface area contributed by atoms with Crippen LogP contribution < -0.4 is 0 Å². The molecule has 13 heavy (non-hydrogen) atoms. The first-order valence-electron chi connectivity index (χ1n) is 3.58. The van der Waals surface area contributed by atoms with E-state index in [2.05, 4.69) is 31.3 Å². The quantitative estimate of drug-likeness (QED) is 0.854. The lowest BCUT2D eigenvalue weighted by molar-refractivity contribution is 0.942. The Morgan fingerprint density at radius 2 is 2.23 bits per heavy atom. The van der Waals surface area contributed by atoms with Gasteiger partial charge in [-0.2, -0.15) is 15.4 Å². The molecule has 2 aromatic rings. The molecule has 0 radical (unpaired) electrons. The smallest absolute Gasteiger partial charge is 0.112 e. The summed E-state index contributed by atoms with van der Waals surface area (Å²) >= 11 is 9.19. The maximum absolute atomic E-state index is 5.85. The molecule has 0 atom stereocenters. The maximum Gasteiger partial charge on any atom is 0.112 e. The molecule has 0 bridgehead atoms. The van der Waals surface area contributed by atoms with Gasteiger partial charge in [-0.15, -0.1) is 0 Å². The number of halogens is 2. The number of nitrogens with zero attached hydrogens (tertiary/aromatic N) is 2. The van der Waals surface area contributed by atoms with Gasteiger partial charge >= 0.3 is 0 Å². The summed E-state index contributed by atoms with van der Waals surface area (Å²) in [6, 6.07) is 5.61. The minimum atomic E-state index is 0.687. The zero-order valence-corrected chi connectivity index (χ0v) is 8.80. The van der Waals surface area contributed by atoms with E-state index in [1.165, 1.54) is 0 Å². The lowest BCUT2D eigenvalue weighted by atomic mass is 10.2. The number of benzene rings is 1. The van der Waals surface area contributed by atoms with Crippen molar-refractivity contribution in [3.8, 4) is 11.3 Å². The molecule has 0 spiro atoms. The van der Waals surface area contributed by atoms with Gasteiger partial charge in [-0.25, -0.2) is 0 Å². The summed E-state index contributed by atoms with van der Waals surface area (Å²) in [5, 5.41) is 10.9. The maximum atomic E-state index is 5.85. The van der Waals surface area contributed by atoms with Crippen molar-refractivity contribution in [1.29, 1.82) is 0 Å². The van der Waals surface area contributed by atoms with Crippen molar-refractivity contribution in [3.05, 3.63) is 33.9 Å². The molecule has 1 aromatic carbocycles. The molecule has 0 saturated carbocycles. The molecule has 0 aliphatic rings. The molecule has 0 aliphatic heterocycles. The largest absolute Gasteiger partial charge is 0.197 e. The molecule has 0 saturated heterocycles. The number of hydrogen-bond acceptors (Lipinski definition) is 2.